The van der Waals surface area contributed by atoms with Crippen molar-refractivity contribution in [1.29, 1.82) is 0 Å². The lowest BCUT2D eigenvalue weighted by atomic mass is 10.3. The molecule has 0 saturated carbocycles. The summed E-state index contributed by atoms with van der Waals surface area (Å²) in [6.07, 6.45) is 0. The van der Waals surface area contributed by atoms with Gasteiger partial charge in [0.2, 0.25) is 0 Å². The van der Waals surface area contributed by atoms with Crippen molar-refractivity contribution in [3.63, 3.8) is 0 Å². The molecule has 0 amide bonds. The summed E-state index contributed by atoms with van der Waals surface area (Å²) in [5.74, 6) is 0. The Labute approximate surface area is 84.9 Å². The van der Waals surface area contributed by atoms with E-state index in [2.05, 4.69) is 33.1 Å². The predicted octanol–water partition coefficient (Wildman–Crippen LogP) is 0.466. The molecule has 14 heavy (non-hydrogen) atoms. The second-order valence-electron chi connectivity index (χ2n) is 4.12. The zero-order chi connectivity index (χ0) is 9.97. The first kappa shape index (κ1) is 9.68. The third kappa shape index (κ3) is 2.33. The molecule has 0 spiro atoms. The van der Waals surface area contributed by atoms with Crippen molar-refractivity contribution in [3.05, 3.63) is 17.5 Å². The van der Waals surface area contributed by atoms with E-state index in [0.717, 1.165) is 31.0 Å². The van der Waals surface area contributed by atoms with Gasteiger partial charge in [0, 0.05) is 38.4 Å². The maximum Gasteiger partial charge on any atom is 0.0765 e. The van der Waals surface area contributed by atoms with Crippen LogP contribution in [0.5, 0.6) is 0 Å². The first-order valence-electron chi connectivity index (χ1n) is 5.16. The fourth-order valence-corrected chi connectivity index (χ4v) is 1.79. The summed E-state index contributed by atoms with van der Waals surface area (Å²) < 4.78 is 0. The van der Waals surface area contributed by atoms with Crippen molar-refractivity contribution in [3.8, 4) is 0 Å². The van der Waals surface area contributed by atoms with Gasteiger partial charge in [0.25, 0.3) is 0 Å². The quantitative estimate of drug-likeness (QED) is 0.743. The molecule has 1 aliphatic rings. The van der Waals surface area contributed by atoms with Gasteiger partial charge >= 0.3 is 0 Å². The first-order chi connectivity index (χ1) is 6.74. The molecule has 0 unspecified atom stereocenters. The van der Waals surface area contributed by atoms with Crippen molar-refractivity contribution in [1.82, 2.24) is 20.0 Å². The van der Waals surface area contributed by atoms with E-state index < -0.39 is 0 Å². The summed E-state index contributed by atoms with van der Waals surface area (Å²) in [5.41, 5.74) is 2.31. The summed E-state index contributed by atoms with van der Waals surface area (Å²) in [6.45, 7) is 7.68. The number of rotatable bonds is 2. The summed E-state index contributed by atoms with van der Waals surface area (Å²) in [6, 6.07) is 2.12. The molecular weight excluding hydrogens is 176 g/mol. The number of aromatic amines is 1. The Morgan fingerprint density at radius 1 is 1.36 bits per heavy atom. The number of nitrogens with one attached hydrogen (secondary N) is 1. The molecule has 4 heteroatoms. The van der Waals surface area contributed by atoms with E-state index in [9.17, 15) is 0 Å². The van der Waals surface area contributed by atoms with E-state index in [1.54, 1.807) is 0 Å². The number of hydrogen-bond acceptors (Lipinski definition) is 3. The summed E-state index contributed by atoms with van der Waals surface area (Å²) in [4.78, 5) is 4.82. The minimum absolute atomic E-state index is 0.984. The Morgan fingerprint density at radius 2 is 2.07 bits per heavy atom. The topological polar surface area (TPSA) is 35.2 Å². The molecular formula is C10H18N4. The molecule has 1 fully saturated rings. The van der Waals surface area contributed by atoms with Gasteiger partial charge in [-0.05, 0) is 20.0 Å². The maximum absolute atomic E-state index is 4.25. The number of likely N-dealkylation sites (N-methyl/N-ethyl adjacent to an activating group) is 1. The average Bonchev–Trinajstić information content (AvgIpc) is 2.56. The summed E-state index contributed by atoms with van der Waals surface area (Å²) >= 11 is 0. The molecule has 2 rings (SSSR count). The highest BCUT2D eigenvalue weighted by Crippen LogP contribution is 2.06. The Bertz CT molecular complexity index is 286. The smallest absolute Gasteiger partial charge is 0.0765 e. The number of nitrogens with zero attached hydrogens (tertiary/aromatic N) is 3. The lowest BCUT2D eigenvalue weighted by Crippen LogP contribution is -2.43. The zero-order valence-electron chi connectivity index (χ0n) is 8.95. The van der Waals surface area contributed by atoms with Crippen LogP contribution in [-0.4, -0.2) is 53.2 Å². The molecule has 0 aromatic carbocycles. The molecule has 78 valence electrons. The van der Waals surface area contributed by atoms with Crippen LogP contribution in [0.2, 0.25) is 0 Å². The highest BCUT2D eigenvalue weighted by Gasteiger charge is 2.14. The number of aryl methyl sites for hydroxylation is 1. The zero-order valence-corrected chi connectivity index (χ0v) is 8.95. The molecule has 2 heterocycles. The Morgan fingerprint density at radius 3 is 2.64 bits per heavy atom. The fourth-order valence-electron chi connectivity index (χ4n) is 1.79. The standard InChI is InChI=1S/C10H18N4/c1-9-7-10(12-11-9)8-14-5-3-13(2)4-6-14/h7H,3-6,8H2,1-2H3,(H,11,12). The van der Waals surface area contributed by atoms with Gasteiger partial charge in [-0.2, -0.15) is 5.10 Å². The third-order valence-electron chi connectivity index (χ3n) is 2.74. The number of aromatic nitrogens is 2. The molecule has 1 aromatic rings. The van der Waals surface area contributed by atoms with E-state index in [1.807, 2.05) is 6.92 Å². The monoisotopic (exact) mass is 194 g/mol. The van der Waals surface area contributed by atoms with Crippen LogP contribution in [0.1, 0.15) is 11.4 Å². The molecule has 0 bridgehead atoms. The van der Waals surface area contributed by atoms with E-state index in [0.29, 0.717) is 0 Å². The van der Waals surface area contributed by atoms with Gasteiger partial charge in [-0.15, -0.1) is 0 Å². The van der Waals surface area contributed by atoms with Crippen LogP contribution in [0.3, 0.4) is 0 Å². The fraction of sp³-hybridized carbons (Fsp3) is 0.700. The van der Waals surface area contributed by atoms with Gasteiger partial charge in [0.1, 0.15) is 0 Å². The average molecular weight is 194 g/mol. The lowest BCUT2D eigenvalue weighted by Gasteiger charge is -2.31. The van der Waals surface area contributed by atoms with Crippen LogP contribution < -0.4 is 0 Å². The van der Waals surface area contributed by atoms with Gasteiger partial charge in [-0.1, -0.05) is 0 Å². The van der Waals surface area contributed by atoms with Crippen molar-refractivity contribution in [2.45, 2.75) is 13.5 Å². The maximum atomic E-state index is 4.25. The van der Waals surface area contributed by atoms with Crippen molar-refractivity contribution in [2.75, 3.05) is 33.2 Å². The molecule has 1 N–H and O–H groups in total. The molecule has 0 atom stereocenters. The molecule has 0 radical (unpaired) electrons. The molecule has 1 aromatic heterocycles. The van der Waals surface area contributed by atoms with Crippen LogP contribution >= 0.6 is 0 Å². The van der Waals surface area contributed by atoms with E-state index >= 15 is 0 Å². The molecule has 1 aliphatic heterocycles. The van der Waals surface area contributed by atoms with Crippen molar-refractivity contribution >= 4 is 0 Å². The van der Waals surface area contributed by atoms with E-state index in [1.165, 1.54) is 13.1 Å². The molecule has 1 saturated heterocycles. The van der Waals surface area contributed by atoms with Crippen LogP contribution in [0.15, 0.2) is 6.07 Å². The second kappa shape index (κ2) is 4.11. The van der Waals surface area contributed by atoms with Crippen molar-refractivity contribution in [2.24, 2.45) is 0 Å². The van der Waals surface area contributed by atoms with E-state index in [4.69, 9.17) is 0 Å². The summed E-state index contributed by atoms with van der Waals surface area (Å²) in [7, 11) is 2.18. The van der Waals surface area contributed by atoms with Crippen LogP contribution in [0.25, 0.3) is 0 Å². The minimum atomic E-state index is 0.984. The van der Waals surface area contributed by atoms with Crippen LogP contribution in [-0.2, 0) is 6.54 Å². The van der Waals surface area contributed by atoms with E-state index in [-0.39, 0.29) is 0 Å². The SMILES string of the molecule is Cc1cc(CN2CCN(C)CC2)n[nH]1. The highest BCUT2D eigenvalue weighted by atomic mass is 15.3. The number of H-pyrrole nitrogens is 1. The first-order valence-corrected chi connectivity index (χ1v) is 5.16. The molecule has 4 nitrogen and oxygen atoms in total. The van der Waals surface area contributed by atoms with Gasteiger partial charge in [0.15, 0.2) is 0 Å². The lowest BCUT2D eigenvalue weighted by molar-refractivity contribution is 0.147. The van der Waals surface area contributed by atoms with Gasteiger partial charge in [-0.25, -0.2) is 0 Å². The van der Waals surface area contributed by atoms with Crippen LogP contribution in [0, 0.1) is 6.92 Å². The van der Waals surface area contributed by atoms with Gasteiger partial charge in [-0.3, -0.25) is 10.00 Å². The van der Waals surface area contributed by atoms with Gasteiger partial charge in [0.05, 0.1) is 5.69 Å². The Hall–Kier alpha value is -0.870. The Balaban J connectivity index is 1.86. The predicted molar refractivity (Wildman–Crippen MR) is 56.1 cm³/mol. The summed E-state index contributed by atoms with van der Waals surface area (Å²) in [5, 5.41) is 7.23. The molecule has 0 aliphatic carbocycles. The normalized spacial score (nSPS) is 20.1. The highest BCUT2D eigenvalue weighted by molar-refractivity contribution is 5.06. The second-order valence-corrected chi connectivity index (χ2v) is 4.12. The number of hydrogen-bond donors (Lipinski definition) is 1. The Kier molecular flexibility index (Phi) is 2.84. The minimum Gasteiger partial charge on any atom is -0.304 e. The largest absolute Gasteiger partial charge is 0.304 e. The number of piperazine rings is 1. The van der Waals surface area contributed by atoms with Crippen molar-refractivity contribution < 1.29 is 0 Å². The third-order valence-corrected chi connectivity index (χ3v) is 2.74. The van der Waals surface area contributed by atoms with Gasteiger partial charge < -0.3 is 4.90 Å². The van der Waals surface area contributed by atoms with Crippen LogP contribution in [0.4, 0.5) is 0 Å².